The van der Waals surface area contributed by atoms with Gasteiger partial charge in [0.1, 0.15) is 0 Å². The Morgan fingerprint density at radius 2 is 1.54 bits per heavy atom. The Balaban J connectivity index is 1.22. The number of aryl methyl sites for hydroxylation is 1. The summed E-state index contributed by atoms with van der Waals surface area (Å²) in [6, 6.07) is 31.0. The Hall–Kier alpha value is -4.32. The number of nitrogens with one attached hydrogen (secondary N) is 3. The van der Waals surface area contributed by atoms with E-state index < -0.39 is 12.3 Å². The SMILES string of the molecule is CC(NC(=O)c1ccc(CCCNc2ccccc2)cc1)OC(=O)Nc1cccc2ccccc12. The average molecular weight is 468 g/mol. The van der Waals surface area contributed by atoms with Gasteiger partial charge in [0.05, 0.1) is 5.69 Å². The van der Waals surface area contributed by atoms with Gasteiger partial charge in [-0.15, -0.1) is 0 Å². The molecule has 6 heteroatoms. The lowest BCUT2D eigenvalue weighted by atomic mass is 10.1. The van der Waals surface area contributed by atoms with Crippen LogP contribution in [0.15, 0.2) is 97.1 Å². The molecule has 1 unspecified atom stereocenters. The zero-order chi connectivity index (χ0) is 24.5. The maximum absolute atomic E-state index is 12.6. The highest BCUT2D eigenvalue weighted by Crippen LogP contribution is 2.23. The lowest BCUT2D eigenvalue weighted by Gasteiger charge is -2.16. The molecule has 35 heavy (non-hydrogen) atoms. The first-order chi connectivity index (χ1) is 17.1. The van der Waals surface area contributed by atoms with E-state index in [1.807, 2.05) is 84.9 Å². The first kappa shape index (κ1) is 23.8. The fourth-order valence-electron chi connectivity index (χ4n) is 3.84. The van der Waals surface area contributed by atoms with E-state index in [0.717, 1.165) is 41.4 Å². The Morgan fingerprint density at radius 1 is 0.829 bits per heavy atom. The molecule has 0 aliphatic heterocycles. The van der Waals surface area contributed by atoms with Gasteiger partial charge in [0, 0.05) is 23.2 Å². The minimum atomic E-state index is -0.791. The van der Waals surface area contributed by atoms with Crippen molar-refractivity contribution < 1.29 is 14.3 Å². The Bertz CT molecular complexity index is 1270. The van der Waals surface area contributed by atoms with Crippen LogP contribution in [0.25, 0.3) is 10.8 Å². The third-order valence-corrected chi connectivity index (χ3v) is 5.61. The monoisotopic (exact) mass is 467 g/mol. The zero-order valence-corrected chi connectivity index (χ0v) is 19.7. The molecule has 0 bridgehead atoms. The Morgan fingerprint density at radius 3 is 2.34 bits per heavy atom. The van der Waals surface area contributed by atoms with Crippen molar-refractivity contribution in [1.29, 1.82) is 0 Å². The summed E-state index contributed by atoms with van der Waals surface area (Å²) in [5, 5.41) is 10.8. The van der Waals surface area contributed by atoms with E-state index >= 15 is 0 Å². The van der Waals surface area contributed by atoms with Crippen LogP contribution in [0.2, 0.25) is 0 Å². The number of carbonyl (C=O) groups excluding carboxylic acids is 2. The van der Waals surface area contributed by atoms with Crippen molar-refractivity contribution in [3.8, 4) is 0 Å². The topological polar surface area (TPSA) is 79.5 Å². The van der Waals surface area contributed by atoms with E-state index in [9.17, 15) is 9.59 Å². The fraction of sp³-hybridized carbons (Fsp3) is 0.172. The Labute approximate surface area is 205 Å². The molecule has 3 N–H and O–H groups in total. The molecule has 0 aliphatic rings. The fourth-order valence-corrected chi connectivity index (χ4v) is 3.84. The third kappa shape index (κ3) is 6.84. The molecule has 6 nitrogen and oxygen atoms in total. The van der Waals surface area contributed by atoms with Crippen molar-refractivity contribution in [2.45, 2.75) is 26.0 Å². The lowest BCUT2D eigenvalue weighted by molar-refractivity contribution is 0.0739. The largest absolute Gasteiger partial charge is 0.426 e. The number of hydrogen-bond donors (Lipinski definition) is 3. The maximum Gasteiger partial charge on any atom is 0.413 e. The molecule has 0 aromatic heterocycles. The molecule has 0 saturated carbocycles. The first-order valence-electron chi connectivity index (χ1n) is 11.7. The molecule has 4 aromatic rings. The van der Waals surface area contributed by atoms with Crippen LogP contribution < -0.4 is 16.0 Å². The number of para-hydroxylation sites is 1. The Kier molecular flexibility index (Phi) is 7.96. The maximum atomic E-state index is 12.6. The standard InChI is InChI=1S/C29H29N3O3/c1-21(35-29(34)32-27-15-7-11-23-10-5-6-14-26(23)27)31-28(33)24-18-16-22(17-19-24)9-8-20-30-25-12-3-2-4-13-25/h2-7,10-19,21,30H,8-9,20H2,1H3,(H,31,33)(H,32,34). The summed E-state index contributed by atoms with van der Waals surface area (Å²) >= 11 is 0. The number of benzene rings is 4. The van der Waals surface area contributed by atoms with Gasteiger partial charge in [-0.05, 0) is 61.0 Å². The van der Waals surface area contributed by atoms with Crippen LogP contribution in [0.5, 0.6) is 0 Å². The third-order valence-electron chi connectivity index (χ3n) is 5.61. The minimum Gasteiger partial charge on any atom is -0.426 e. The van der Waals surface area contributed by atoms with Crippen molar-refractivity contribution in [1.82, 2.24) is 5.32 Å². The minimum absolute atomic E-state index is 0.298. The second kappa shape index (κ2) is 11.7. The van der Waals surface area contributed by atoms with Crippen molar-refractivity contribution in [3.63, 3.8) is 0 Å². The molecule has 178 valence electrons. The van der Waals surface area contributed by atoms with Crippen LogP contribution in [0, 0.1) is 0 Å². The normalized spacial score (nSPS) is 11.5. The number of anilines is 2. The number of carbonyl (C=O) groups is 2. The highest BCUT2D eigenvalue weighted by Gasteiger charge is 2.14. The van der Waals surface area contributed by atoms with E-state index in [1.54, 1.807) is 19.1 Å². The molecule has 0 heterocycles. The van der Waals surface area contributed by atoms with Gasteiger partial charge < -0.3 is 15.4 Å². The van der Waals surface area contributed by atoms with Gasteiger partial charge in [-0.3, -0.25) is 10.1 Å². The molecule has 2 amide bonds. The summed E-state index contributed by atoms with van der Waals surface area (Å²) in [5.74, 6) is -0.298. The van der Waals surface area contributed by atoms with Gasteiger partial charge in [-0.1, -0.05) is 66.7 Å². The highest BCUT2D eigenvalue weighted by molar-refractivity contribution is 6.00. The van der Waals surface area contributed by atoms with Crippen LogP contribution in [0.1, 0.15) is 29.3 Å². The molecule has 4 aromatic carbocycles. The number of amides is 2. The van der Waals surface area contributed by atoms with Crippen molar-refractivity contribution in [2.24, 2.45) is 0 Å². The quantitative estimate of drug-likeness (QED) is 0.202. The van der Waals surface area contributed by atoms with Gasteiger partial charge in [0.25, 0.3) is 5.91 Å². The van der Waals surface area contributed by atoms with E-state index in [4.69, 9.17) is 4.74 Å². The molecule has 1 atom stereocenters. The summed E-state index contributed by atoms with van der Waals surface area (Å²) in [4.78, 5) is 24.9. The molecule has 0 aliphatic carbocycles. The van der Waals surface area contributed by atoms with Crippen molar-refractivity contribution in [2.75, 3.05) is 17.2 Å². The van der Waals surface area contributed by atoms with Crippen LogP contribution in [-0.4, -0.2) is 24.8 Å². The smallest absolute Gasteiger partial charge is 0.413 e. The van der Waals surface area contributed by atoms with Gasteiger partial charge in [0.15, 0.2) is 6.23 Å². The summed E-state index contributed by atoms with van der Waals surface area (Å²) in [5.41, 5.74) is 3.44. The molecule has 0 fully saturated rings. The van der Waals surface area contributed by atoms with Gasteiger partial charge in [-0.25, -0.2) is 4.79 Å². The number of ether oxygens (including phenoxy) is 1. The highest BCUT2D eigenvalue weighted by atomic mass is 16.6. The summed E-state index contributed by atoms with van der Waals surface area (Å²) in [6.07, 6.45) is 0.474. The summed E-state index contributed by atoms with van der Waals surface area (Å²) < 4.78 is 5.33. The molecule has 4 rings (SSSR count). The lowest BCUT2D eigenvalue weighted by Crippen LogP contribution is -2.37. The summed E-state index contributed by atoms with van der Waals surface area (Å²) in [7, 11) is 0. The van der Waals surface area contributed by atoms with Crippen molar-refractivity contribution in [3.05, 3.63) is 108 Å². The van der Waals surface area contributed by atoms with E-state index in [0.29, 0.717) is 11.3 Å². The van der Waals surface area contributed by atoms with E-state index in [-0.39, 0.29) is 5.91 Å². The number of hydrogen-bond acceptors (Lipinski definition) is 4. The van der Waals surface area contributed by atoms with Gasteiger partial charge in [-0.2, -0.15) is 0 Å². The predicted molar refractivity (Wildman–Crippen MR) is 141 cm³/mol. The van der Waals surface area contributed by atoms with Crippen molar-refractivity contribution >= 4 is 34.1 Å². The van der Waals surface area contributed by atoms with E-state index in [2.05, 4.69) is 16.0 Å². The van der Waals surface area contributed by atoms with Crippen LogP contribution in [0.3, 0.4) is 0 Å². The predicted octanol–water partition coefficient (Wildman–Crippen LogP) is 6.21. The summed E-state index contributed by atoms with van der Waals surface area (Å²) in [6.45, 7) is 2.50. The average Bonchev–Trinajstić information content (AvgIpc) is 2.87. The number of rotatable bonds is 9. The number of fused-ring (bicyclic) bond motifs is 1. The van der Waals surface area contributed by atoms with Crippen LogP contribution >= 0.6 is 0 Å². The van der Waals surface area contributed by atoms with Gasteiger partial charge in [0.2, 0.25) is 0 Å². The van der Waals surface area contributed by atoms with E-state index in [1.165, 1.54) is 0 Å². The molecular formula is C29H29N3O3. The zero-order valence-electron chi connectivity index (χ0n) is 19.7. The molecule has 0 spiro atoms. The molecule has 0 saturated heterocycles. The van der Waals surface area contributed by atoms with Crippen LogP contribution in [-0.2, 0) is 11.2 Å². The second-order valence-corrected chi connectivity index (χ2v) is 8.27. The molecular weight excluding hydrogens is 438 g/mol. The second-order valence-electron chi connectivity index (χ2n) is 8.27. The van der Waals surface area contributed by atoms with Gasteiger partial charge >= 0.3 is 6.09 Å². The molecule has 0 radical (unpaired) electrons. The first-order valence-corrected chi connectivity index (χ1v) is 11.7. The van der Waals surface area contributed by atoms with Crippen LogP contribution in [0.4, 0.5) is 16.2 Å².